The van der Waals surface area contributed by atoms with Gasteiger partial charge in [0.1, 0.15) is 0 Å². The van der Waals surface area contributed by atoms with Gasteiger partial charge in [0.15, 0.2) is 0 Å². The molecule has 76 valence electrons. The van der Waals surface area contributed by atoms with Gasteiger partial charge in [-0.3, -0.25) is 0 Å². The summed E-state index contributed by atoms with van der Waals surface area (Å²) < 4.78 is 11.0. The van der Waals surface area contributed by atoms with Gasteiger partial charge in [0.25, 0.3) is 0 Å². The molecule has 2 fully saturated rings. The van der Waals surface area contributed by atoms with Crippen molar-refractivity contribution in [2.45, 2.75) is 12.1 Å². The third-order valence-corrected chi connectivity index (χ3v) is 2.76. The maximum atomic E-state index is 5.50. The summed E-state index contributed by atoms with van der Waals surface area (Å²) in [6.07, 6.45) is 3.63. The number of imidazole rings is 1. The van der Waals surface area contributed by atoms with E-state index in [2.05, 4.69) is 14.9 Å². The monoisotopic (exact) mass is 195 g/mol. The third kappa shape index (κ3) is 1.20. The molecule has 14 heavy (non-hydrogen) atoms. The van der Waals surface area contributed by atoms with Crippen molar-refractivity contribution >= 4 is 5.95 Å². The molecule has 1 N–H and O–H groups in total. The third-order valence-electron chi connectivity index (χ3n) is 2.76. The van der Waals surface area contributed by atoms with Crippen molar-refractivity contribution in [3.63, 3.8) is 0 Å². The molecule has 2 bridgehead atoms. The molecule has 0 unspecified atom stereocenters. The average molecular weight is 195 g/mol. The number of hydrogen-bond acceptors (Lipinski definition) is 4. The fraction of sp³-hybridized carbons (Fsp3) is 0.667. The van der Waals surface area contributed by atoms with Crippen molar-refractivity contribution < 1.29 is 9.47 Å². The fourth-order valence-electron chi connectivity index (χ4n) is 2.14. The number of nitrogens with one attached hydrogen (secondary N) is 1. The summed E-state index contributed by atoms with van der Waals surface area (Å²) in [5.74, 6) is 0.937. The molecule has 2 aliphatic heterocycles. The maximum absolute atomic E-state index is 5.50. The summed E-state index contributed by atoms with van der Waals surface area (Å²) in [7, 11) is 0. The minimum absolute atomic E-state index is 0.314. The van der Waals surface area contributed by atoms with Crippen LogP contribution in [0.15, 0.2) is 12.4 Å². The number of H-pyrrole nitrogens is 1. The van der Waals surface area contributed by atoms with Crippen molar-refractivity contribution in [1.82, 2.24) is 9.97 Å². The highest BCUT2D eigenvalue weighted by Gasteiger charge is 2.36. The highest BCUT2D eigenvalue weighted by atomic mass is 16.5. The van der Waals surface area contributed by atoms with E-state index in [1.54, 1.807) is 6.20 Å². The molecule has 1 aromatic rings. The largest absolute Gasteiger partial charge is 0.377 e. The normalized spacial score (nSPS) is 31.9. The van der Waals surface area contributed by atoms with E-state index in [-0.39, 0.29) is 0 Å². The standard InChI is InChI=1S/C9H13N3O2/c1-2-11-9(10-1)12-7-3-13-5-8(12)6-14-4-7/h1-2,7-8H,3-6H2,(H,10,11). The van der Waals surface area contributed by atoms with Gasteiger partial charge in [-0.2, -0.15) is 0 Å². The molecule has 1 aromatic heterocycles. The molecule has 0 aromatic carbocycles. The van der Waals surface area contributed by atoms with Crippen LogP contribution in [0.2, 0.25) is 0 Å². The number of aromatic nitrogens is 2. The molecule has 0 saturated carbocycles. The van der Waals surface area contributed by atoms with Crippen LogP contribution in [0.1, 0.15) is 0 Å². The first kappa shape index (κ1) is 8.26. The Bertz CT molecular complexity index is 279. The minimum atomic E-state index is 0.314. The van der Waals surface area contributed by atoms with Crippen LogP contribution in [0.3, 0.4) is 0 Å². The van der Waals surface area contributed by atoms with Crippen molar-refractivity contribution in [2.75, 3.05) is 31.3 Å². The molecule has 5 heteroatoms. The minimum Gasteiger partial charge on any atom is -0.377 e. The van der Waals surface area contributed by atoms with E-state index < -0.39 is 0 Å². The Morgan fingerprint density at radius 2 is 1.86 bits per heavy atom. The second-order valence-electron chi connectivity index (χ2n) is 3.70. The van der Waals surface area contributed by atoms with E-state index in [1.807, 2.05) is 6.20 Å². The molecule has 0 atom stereocenters. The molecule has 0 aliphatic carbocycles. The molecule has 2 saturated heterocycles. The lowest BCUT2D eigenvalue weighted by Gasteiger charge is -2.45. The number of ether oxygens (including phenoxy) is 2. The van der Waals surface area contributed by atoms with Crippen LogP contribution in [0.25, 0.3) is 0 Å². The topological polar surface area (TPSA) is 50.4 Å². The van der Waals surface area contributed by atoms with Crippen molar-refractivity contribution in [2.24, 2.45) is 0 Å². The van der Waals surface area contributed by atoms with E-state index in [1.165, 1.54) is 0 Å². The molecule has 0 amide bonds. The van der Waals surface area contributed by atoms with Crippen LogP contribution >= 0.6 is 0 Å². The highest BCUT2D eigenvalue weighted by molar-refractivity contribution is 5.35. The lowest BCUT2D eigenvalue weighted by Crippen LogP contribution is -2.60. The number of aromatic amines is 1. The number of rotatable bonds is 1. The Morgan fingerprint density at radius 1 is 1.21 bits per heavy atom. The molecule has 0 spiro atoms. The smallest absolute Gasteiger partial charge is 0.203 e. The second kappa shape index (κ2) is 3.25. The van der Waals surface area contributed by atoms with Crippen LogP contribution in [0.5, 0.6) is 0 Å². The van der Waals surface area contributed by atoms with Gasteiger partial charge in [-0.1, -0.05) is 0 Å². The van der Waals surface area contributed by atoms with Gasteiger partial charge in [-0.05, 0) is 0 Å². The van der Waals surface area contributed by atoms with Crippen molar-refractivity contribution in [1.29, 1.82) is 0 Å². The lowest BCUT2D eigenvalue weighted by molar-refractivity contribution is -0.0354. The highest BCUT2D eigenvalue weighted by Crippen LogP contribution is 2.23. The van der Waals surface area contributed by atoms with E-state index in [0.717, 1.165) is 32.4 Å². The van der Waals surface area contributed by atoms with Crippen LogP contribution in [-0.2, 0) is 9.47 Å². The Labute approximate surface area is 82.0 Å². The first-order chi connectivity index (χ1) is 6.95. The zero-order chi connectivity index (χ0) is 9.38. The summed E-state index contributed by atoms with van der Waals surface area (Å²) in [5.41, 5.74) is 0. The Kier molecular flexibility index (Phi) is 1.92. The van der Waals surface area contributed by atoms with E-state index in [9.17, 15) is 0 Å². The first-order valence-electron chi connectivity index (χ1n) is 4.88. The zero-order valence-corrected chi connectivity index (χ0v) is 7.85. The first-order valence-corrected chi connectivity index (χ1v) is 4.88. The van der Waals surface area contributed by atoms with Crippen LogP contribution in [0, 0.1) is 0 Å². The van der Waals surface area contributed by atoms with Gasteiger partial charge in [0.05, 0.1) is 38.5 Å². The van der Waals surface area contributed by atoms with E-state index in [4.69, 9.17) is 9.47 Å². The Balaban J connectivity index is 1.90. The average Bonchev–Trinajstić information content (AvgIpc) is 2.69. The fourth-order valence-corrected chi connectivity index (χ4v) is 2.14. The van der Waals surface area contributed by atoms with E-state index >= 15 is 0 Å². The molecule has 3 rings (SSSR count). The summed E-state index contributed by atoms with van der Waals surface area (Å²) in [6, 6.07) is 0.627. The quantitative estimate of drug-likeness (QED) is 0.686. The maximum Gasteiger partial charge on any atom is 0.203 e. The number of morpholine rings is 2. The van der Waals surface area contributed by atoms with Gasteiger partial charge >= 0.3 is 0 Å². The van der Waals surface area contributed by atoms with Crippen LogP contribution in [0.4, 0.5) is 5.95 Å². The molecular weight excluding hydrogens is 182 g/mol. The lowest BCUT2D eigenvalue weighted by atomic mass is 10.1. The van der Waals surface area contributed by atoms with Gasteiger partial charge in [0.2, 0.25) is 5.95 Å². The zero-order valence-electron chi connectivity index (χ0n) is 7.85. The Morgan fingerprint density at radius 3 is 2.36 bits per heavy atom. The van der Waals surface area contributed by atoms with Gasteiger partial charge in [-0.25, -0.2) is 4.98 Å². The SMILES string of the molecule is c1c[nH]c(N2C3COCC2COC3)n1. The second-order valence-corrected chi connectivity index (χ2v) is 3.70. The van der Waals surface area contributed by atoms with Crippen molar-refractivity contribution in [3.05, 3.63) is 12.4 Å². The molecule has 3 heterocycles. The number of nitrogens with zero attached hydrogens (tertiary/aromatic N) is 2. The van der Waals surface area contributed by atoms with Gasteiger partial charge in [0, 0.05) is 12.4 Å². The Hall–Kier alpha value is -1.07. The summed E-state index contributed by atoms with van der Waals surface area (Å²) >= 11 is 0. The van der Waals surface area contributed by atoms with Crippen LogP contribution < -0.4 is 4.90 Å². The molecule has 5 nitrogen and oxygen atoms in total. The summed E-state index contributed by atoms with van der Waals surface area (Å²) in [6.45, 7) is 2.93. The predicted molar refractivity (Wildman–Crippen MR) is 50.3 cm³/mol. The predicted octanol–water partition coefficient (Wildman–Crippen LogP) is 0.0137. The summed E-state index contributed by atoms with van der Waals surface area (Å²) in [4.78, 5) is 9.71. The van der Waals surface area contributed by atoms with Crippen molar-refractivity contribution in [3.8, 4) is 0 Å². The number of hydrogen-bond donors (Lipinski definition) is 1. The number of anilines is 1. The van der Waals surface area contributed by atoms with E-state index in [0.29, 0.717) is 12.1 Å². The summed E-state index contributed by atoms with van der Waals surface area (Å²) in [5, 5.41) is 0. The number of fused-ring (bicyclic) bond motifs is 2. The molecule has 0 radical (unpaired) electrons. The molecule has 2 aliphatic rings. The van der Waals surface area contributed by atoms with Gasteiger partial charge < -0.3 is 19.4 Å². The van der Waals surface area contributed by atoms with Gasteiger partial charge in [-0.15, -0.1) is 0 Å². The van der Waals surface area contributed by atoms with Crippen LogP contribution in [-0.4, -0.2) is 48.5 Å². The molecular formula is C9H13N3O2.